The first-order valence-corrected chi connectivity index (χ1v) is 9.95. The highest BCUT2D eigenvalue weighted by Crippen LogP contribution is 2.24. The molecule has 2 aromatic carbocycles. The summed E-state index contributed by atoms with van der Waals surface area (Å²) in [6.45, 7) is 13.0. The zero-order valence-electron chi connectivity index (χ0n) is 17.3. The average molecular weight is 357 g/mol. The predicted octanol–water partition coefficient (Wildman–Crippen LogP) is 6.35. The summed E-state index contributed by atoms with van der Waals surface area (Å²) < 4.78 is 0. The standard InChI is InChI=1S/C27H32/c1-6-12-26(18-17-24-15-10-8-13-22(24)4)27(21(3)7-2)20-19-25-16-11-9-14-23(25)5/h8-11,13-20H,4,6-7,12H2,1-3,5H3/b20-19-,24-17-,26-18+,27-21?. The Bertz CT molecular complexity index is 952. The molecule has 0 radical (unpaired) electrons. The van der Waals surface area contributed by atoms with E-state index in [1.165, 1.54) is 33.1 Å². The number of hydrogen-bond acceptors (Lipinski definition) is 0. The first-order valence-electron chi connectivity index (χ1n) is 9.95. The monoisotopic (exact) mass is 356 g/mol. The van der Waals surface area contributed by atoms with E-state index >= 15 is 0 Å². The van der Waals surface area contributed by atoms with Crippen molar-refractivity contribution in [2.24, 2.45) is 0 Å². The molecule has 0 fully saturated rings. The number of allylic oxidation sites excluding steroid dienone is 5. The summed E-state index contributed by atoms with van der Waals surface area (Å²) in [5.41, 5.74) is 6.77. The fraction of sp³-hybridized carbons (Fsp3) is 0.259. The molecule has 0 aromatic heterocycles. The van der Waals surface area contributed by atoms with E-state index in [4.69, 9.17) is 0 Å². The SMILES string of the molecule is C=c1cccc/c1=C/C=C(\CCC)C(/C=C\c1ccccc1C)=C(C)CC. The molecule has 0 saturated carbocycles. The second kappa shape index (κ2) is 10.5. The van der Waals surface area contributed by atoms with Crippen molar-refractivity contribution in [2.75, 3.05) is 0 Å². The Balaban J connectivity index is 2.50. The Labute approximate surface area is 165 Å². The third-order valence-electron chi connectivity index (χ3n) is 4.99. The van der Waals surface area contributed by atoms with Crippen LogP contribution in [0, 0.1) is 6.92 Å². The van der Waals surface area contributed by atoms with Crippen molar-refractivity contribution in [3.05, 3.63) is 99.0 Å². The highest BCUT2D eigenvalue weighted by Gasteiger charge is 2.05. The van der Waals surface area contributed by atoms with Gasteiger partial charge in [0.2, 0.25) is 0 Å². The van der Waals surface area contributed by atoms with Gasteiger partial charge in [0.25, 0.3) is 0 Å². The fourth-order valence-electron chi connectivity index (χ4n) is 3.13. The minimum atomic E-state index is 1.06. The number of hydrogen-bond donors (Lipinski definition) is 0. The van der Waals surface area contributed by atoms with Crippen LogP contribution in [0.5, 0.6) is 0 Å². The van der Waals surface area contributed by atoms with E-state index in [0.717, 1.165) is 24.5 Å². The second-order valence-corrected chi connectivity index (χ2v) is 7.04. The summed E-state index contributed by atoms with van der Waals surface area (Å²) in [5.74, 6) is 0. The largest absolute Gasteiger partial charge is 0.0912 e. The molecule has 0 spiro atoms. The Morgan fingerprint density at radius 2 is 1.70 bits per heavy atom. The van der Waals surface area contributed by atoms with Gasteiger partial charge in [-0.3, -0.25) is 0 Å². The van der Waals surface area contributed by atoms with E-state index in [-0.39, 0.29) is 0 Å². The molecule has 0 atom stereocenters. The average Bonchev–Trinajstić information content (AvgIpc) is 2.68. The Morgan fingerprint density at radius 1 is 1.00 bits per heavy atom. The highest BCUT2D eigenvalue weighted by atomic mass is 14.1. The van der Waals surface area contributed by atoms with Crippen molar-refractivity contribution in [1.82, 2.24) is 0 Å². The molecule has 0 nitrogen and oxygen atoms in total. The summed E-state index contributed by atoms with van der Waals surface area (Å²) >= 11 is 0. The third kappa shape index (κ3) is 5.96. The molecule has 0 heteroatoms. The van der Waals surface area contributed by atoms with Crippen LogP contribution in [0.15, 0.2) is 77.4 Å². The normalized spacial score (nSPS) is 13.9. The molecule has 2 aromatic rings. The van der Waals surface area contributed by atoms with E-state index in [0.29, 0.717) is 0 Å². The minimum absolute atomic E-state index is 1.06. The van der Waals surface area contributed by atoms with Crippen LogP contribution >= 0.6 is 0 Å². The molecule has 0 N–H and O–H groups in total. The van der Waals surface area contributed by atoms with Gasteiger partial charge < -0.3 is 0 Å². The van der Waals surface area contributed by atoms with Gasteiger partial charge in [0, 0.05) is 0 Å². The van der Waals surface area contributed by atoms with E-state index in [1.807, 2.05) is 6.07 Å². The first kappa shape index (κ1) is 20.7. The van der Waals surface area contributed by atoms with Gasteiger partial charge in [0.05, 0.1) is 0 Å². The predicted molar refractivity (Wildman–Crippen MR) is 122 cm³/mol. The Morgan fingerprint density at radius 3 is 2.37 bits per heavy atom. The lowest BCUT2D eigenvalue weighted by Crippen LogP contribution is -2.21. The van der Waals surface area contributed by atoms with Crippen molar-refractivity contribution < 1.29 is 0 Å². The highest BCUT2D eigenvalue weighted by molar-refractivity contribution is 5.61. The summed E-state index contributed by atoms with van der Waals surface area (Å²) in [7, 11) is 0. The van der Waals surface area contributed by atoms with Crippen LogP contribution in [0.2, 0.25) is 0 Å². The van der Waals surface area contributed by atoms with Crippen molar-refractivity contribution in [3.8, 4) is 0 Å². The van der Waals surface area contributed by atoms with Crippen LogP contribution in [-0.4, -0.2) is 0 Å². The summed E-state index contributed by atoms with van der Waals surface area (Å²) in [4.78, 5) is 0. The molecule has 140 valence electrons. The molecule has 0 unspecified atom stereocenters. The van der Waals surface area contributed by atoms with Gasteiger partial charge in [-0.2, -0.15) is 0 Å². The number of rotatable bonds is 7. The third-order valence-corrected chi connectivity index (χ3v) is 4.99. The molecule has 0 saturated heterocycles. The summed E-state index contributed by atoms with van der Waals surface area (Å²) in [5, 5.41) is 2.25. The first-order chi connectivity index (χ1) is 13.1. The summed E-state index contributed by atoms with van der Waals surface area (Å²) in [6, 6.07) is 16.8. The van der Waals surface area contributed by atoms with Crippen molar-refractivity contribution in [2.45, 2.75) is 47.0 Å². The number of aryl methyl sites for hydroxylation is 1. The summed E-state index contributed by atoms with van der Waals surface area (Å²) in [6.07, 6.45) is 12.3. The van der Waals surface area contributed by atoms with Crippen molar-refractivity contribution >= 4 is 18.7 Å². The lowest BCUT2D eigenvalue weighted by molar-refractivity contribution is 0.909. The van der Waals surface area contributed by atoms with E-state index in [2.05, 4.69) is 101 Å². The minimum Gasteiger partial charge on any atom is -0.0912 e. The van der Waals surface area contributed by atoms with Gasteiger partial charge in [0.15, 0.2) is 0 Å². The number of benzene rings is 2. The molecular formula is C27H32. The van der Waals surface area contributed by atoms with Gasteiger partial charge in [-0.15, -0.1) is 0 Å². The zero-order valence-corrected chi connectivity index (χ0v) is 17.3. The van der Waals surface area contributed by atoms with E-state index in [1.54, 1.807) is 0 Å². The molecule has 0 aliphatic carbocycles. The quantitative estimate of drug-likeness (QED) is 0.507. The molecule has 0 bridgehead atoms. The Hall–Kier alpha value is -2.60. The van der Waals surface area contributed by atoms with Gasteiger partial charge in [0.1, 0.15) is 0 Å². The molecule has 2 rings (SSSR count). The second-order valence-electron chi connectivity index (χ2n) is 7.04. The topological polar surface area (TPSA) is 0 Å². The van der Waals surface area contributed by atoms with Crippen LogP contribution in [-0.2, 0) is 0 Å². The Kier molecular flexibility index (Phi) is 8.07. The van der Waals surface area contributed by atoms with Gasteiger partial charge >= 0.3 is 0 Å². The molecule has 0 amide bonds. The molecule has 0 aliphatic rings. The molecular weight excluding hydrogens is 324 g/mol. The van der Waals surface area contributed by atoms with Gasteiger partial charge in [-0.1, -0.05) is 105 Å². The van der Waals surface area contributed by atoms with Crippen LogP contribution in [0.25, 0.3) is 18.7 Å². The van der Waals surface area contributed by atoms with Crippen molar-refractivity contribution in [1.29, 1.82) is 0 Å². The van der Waals surface area contributed by atoms with Gasteiger partial charge in [-0.05, 0) is 59.4 Å². The van der Waals surface area contributed by atoms with Crippen LogP contribution < -0.4 is 10.4 Å². The van der Waals surface area contributed by atoms with Gasteiger partial charge in [-0.25, -0.2) is 0 Å². The maximum absolute atomic E-state index is 4.14. The van der Waals surface area contributed by atoms with Crippen LogP contribution in [0.1, 0.15) is 51.2 Å². The zero-order chi connectivity index (χ0) is 19.6. The maximum atomic E-state index is 4.14. The van der Waals surface area contributed by atoms with E-state index < -0.39 is 0 Å². The van der Waals surface area contributed by atoms with Crippen LogP contribution in [0.3, 0.4) is 0 Å². The molecule has 27 heavy (non-hydrogen) atoms. The lowest BCUT2D eigenvalue weighted by atomic mass is 9.93. The maximum Gasteiger partial charge on any atom is -0.0190 e. The van der Waals surface area contributed by atoms with Crippen LogP contribution in [0.4, 0.5) is 0 Å². The van der Waals surface area contributed by atoms with E-state index in [9.17, 15) is 0 Å². The van der Waals surface area contributed by atoms with Crippen molar-refractivity contribution in [3.63, 3.8) is 0 Å². The fourth-order valence-corrected chi connectivity index (χ4v) is 3.13. The smallest absolute Gasteiger partial charge is 0.0190 e. The molecule has 0 heterocycles. The molecule has 0 aliphatic heterocycles. The lowest BCUT2D eigenvalue weighted by Gasteiger charge is -2.12.